The number of ether oxygens (including phenoxy) is 1. The number of carbonyl (C=O) groups is 1. The first kappa shape index (κ1) is 22.9. The molecule has 0 spiro atoms. The van der Waals surface area contributed by atoms with Gasteiger partial charge in [0.1, 0.15) is 30.4 Å². The molecule has 0 heterocycles. The number of fused-ring (bicyclic) bond motifs is 3. The maximum absolute atomic E-state index is 12.3. The van der Waals surface area contributed by atoms with Crippen molar-refractivity contribution in [2.24, 2.45) is 0 Å². The maximum atomic E-state index is 12.3. The average Bonchev–Trinajstić information content (AvgIpc) is 3.18. The Bertz CT molecular complexity index is 1240. The SMILES string of the molecule is N#Cc1ccc(C(O)C(O)CNC(=O)OCC2c3ccccc3-c3ccccc32)cc1[N+](=O)[O-]. The van der Waals surface area contributed by atoms with Crippen molar-refractivity contribution >= 4 is 11.8 Å². The molecule has 4 rings (SSSR count). The Morgan fingerprint density at radius 1 is 1.09 bits per heavy atom. The van der Waals surface area contributed by atoms with Crippen LogP contribution in [-0.4, -0.2) is 40.5 Å². The maximum Gasteiger partial charge on any atom is 0.407 e. The Morgan fingerprint density at radius 2 is 1.71 bits per heavy atom. The molecule has 2 atom stereocenters. The number of aliphatic hydroxyl groups is 2. The van der Waals surface area contributed by atoms with E-state index in [0.29, 0.717) is 0 Å². The Labute approximate surface area is 195 Å². The molecule has 0 saturated carbocycles. The van der Waals surface area contributed by atoms with Gasteiger partial charge in [-0.2, -0.15) is 5.26 Å². The highest BCUT2D eigenvalue weighted by molar-refractivity contribution is 5.79. The molecule has 9 heteroatoms. The molecule has 1 aliphatic rings. The number of nitro groups is 1. The van der Waals surface area contributed by atoms with Crippen molar-refractivity contribution < 1.29 is 24.7 Å². The summed E-state index contributed by atoms with van der Waals surface area (Å²) in [6.07, 6.45) is -3.73. The lowest BCUT2D eigenvalue weighted by Gasteiger charge is -2.19. The van der Waals surface area contributed by atoms with Crippen molar-refractivity contribution in [3.63, 3.8) is 0 Å². The van der Waals surface area contributed by atoms with Crippen LogP contribution < -0.4 is 5.32 Å². The Kier molecular flexibility index (Phi) is 6.54. The van der Waals surface area contributed by atoms with Gasteiger partial charge in [-0.1, -0.05) is 54.6 Å². The third-order valence-corrected chi connectivity index (χ3v) is 5.84. The van der Waals surface area contributed by atoms with Crippen LogP contribution in [0.25, 0.3) is 11.1 Å². The van der Waals surface area contributed by atoms with Gasteiger partial charge in [-0.05, 0) is 33.9 Å². The third-order valence-electron chi connectivity index (χ3n) is 5.84. The zero-order valence-electron chi connectivity index (χ0n) is 17.9. The standard InChI is InChI=1S/C25H21N3O6/c26-12-16-10-9-15(11-22(16)28(32)33)24(30)23(29)13-27-25(31)34-14-21-19-7-3-1-5-17(19)18-6-2-4-8-20(18)21/h1-11,21,23-24,29-30H,13-14H2,(H,27,31). The monoisotopic (exact) mass is 459 g/mol. The number of rotatable bonds is 7. The molecule has 34 heavy (non-hydrogen) atoms. The highest BCUT2D eigenvalue weighted by Crippen LogP contribution is 2.44. The summed E-state index contributed by atoms with van der Waals surface area (Å²) in [5.74, 6) is -0.118. The van der Waals surface area contributed by atoms with E-state index in [1.807, 2.05) is 48.5 Å². The number of hydrogen-bond acceptors (Lipinski definition) is 7. The topological polar surface area (TPSA) is 146 Å². The normalized spacial score (nSPS) is 13.8. The van der Waals surface area contributed by atoms with Crippen molar-refractivity contribution in [1.82, 2.24) is 5.32 Å². The molecule has 0 radical (unpaired) electrons. The fourth-order valence-corrected chi connectivity index (χ4v) is 4.15. The minimum atomic E-state index is -1.51. The first-order chi connectivity index (χ1) is 16.4. The van der Waals surface area contributed by atoms with Gasteiger partial charge in [0.05, 0.1) is 4.92 Å². The minimum Gasteiger partial charge on any atom is -0.449 e. The molecule has 1 amide bonds. The summed E-state index contributed by atoms with van der Waals surface area (Å²) in [5.41, 5.74) is 3.74. The van der Waals surface area contributed by atoms with Gasteiger partial charge in [0, 0.05) is 18.5 Å². The van der Waals surface area contributed by atoms with Gasteiger partial charge in [-0.15, -0.1) is 0 Å². The number of hydrogen-bond donors (Lipinski definition) is 3. The lowest BCUT2D eigenvalue weighted by atomic mass is 9.98. The number of alkyl carbamates (subject to hydrolysis) is 1. The zero-order valence-corrected chi connectivity index (χ0v) is 17.9. The molecule has 1 aliphatic carbocycles. The summed E-state index contributed by atoms with van der Waals surface area (Å²) in [7, 11) is 0. The molecule has 2 unspecified atom stereocenters. The predicted octanol–water partition coefficient (Wildman–Crippen LogP) is 3.40. The van der Waals surface area contributed by atoms with Gasteiger partial charge >= 0.3 is 6.09 Å². The Hall–Kier alpha value is -4.26. The first-order valence-electron chi connectivity index (χ1n) is 10.5. The van der Waals surface area contributed by atoms with Crippen molar-refractivity contribution in [3.05, 3.63) is 99.1 Å². The van der Waals surface area contributed by atoms with E-state index in [1.54, 1.807) is 6.07 Å². The molecular weight excluding hydrogens is 438 g/mol. The number of nitrogens with zero attached hydrogens (tertiary/aromatic N) is 2. The second kappa shape index (κ2) is 9.70. The molecule has 0 fully saturated rings. The molecule has 172 valence electrons. The highest BCUT2D eigenvalue weighted by atomic mass is 16.6. The van der Waals surface area contributed by atoms with Crippen LogP contribution in [0.2, 0.25) is 0 Å². The van der Waals surface area contributed by atoms with E-state index in [0.717, 1.165) is 28.3 Å². The summed E-state index contributed by atoms with van der Waals surface area (Å²) < 4.78 is 5.39. The van der Waals surface area contributed by atoms with Gasteiger partial charge in [0.15, 0.2) is 0 Å². The van der Waals surface area contributed by atoms with E-state index in [2.05, 4.69) is 5.32 Å². The lowest BCUT2D eigenvalue weighted by Crippen LogP contribution is -2.36. The molecule has 0 aromatic heterocycles. The molecule has 3 N–H and O–H groups in total. The number of nitro benzene ring substituents is 1. The first-order valence-corrected chi connectivity index (χ1v) is 10.5. The summed E-state index contributed by atoms with van der Waals surface area (Å²) >= 11 is 0. The van der Waals surface area contributed by atoms with E-state index < -0.39 is 28.9 Å². The molecule has 0 saturated heterocycles. The minimum absolute atomic E-state index is 0.0486. The molecule has 0 bridgehead atoms. The van der Waals surface area contributed by atoms with Crippen LogP contribution in [0.1, 0.15) is 34.3 Å². The number of nitrogens with one attached hydrogen (secondary N) is 1. The van der Waals surface area contributed by atoms with Crippen LogP contribution in [0.15, 0.2) is 66.7 Å². The summed E-state index contributed by atoms with van der Waals surface area (Å²) in [6.45, 7) is -0.244. The Balaban J connectivity index is 1.35. The molecule has 3 aromatic rings. The van der Waals surface area contributed by atoms with Crippen LogP contribution in [0.3, 0.4) is 0 Å². The lowest BCUT2D eigenvalue weighted by molar-refractivity contribution is -0.385. The van der Waals surface area contributed by atoms with Crippen molar-refractivity contribution in [2.45, 2.75) is 18.1 Å². The molecule has 0 aliphatic heterocycles. The van der Waals surface area contributed by atoms with Gasteiger partial charge in [0.2, 0.25) is 0 Å². The second-order valence-corrected chi connectivity index (χ2v) is 7.86. The van der Waals surface area contributed by atoms with Crippen LogP contribution in [0.4, 0.5) is 10.5 Å². The Morgan fingerprint density at radius 3 is 2.29 bits per heavy atom. The largest absolute Gasteiger partial charge is 0.449 e. The average molecular weight is 459 g/mol. The van der Waals surface area contributed by atoms with E-state index >= 15 is 0 Å². The van der Waals surface area contributed by atoms with Crippen LogP contribution >= 0.6 is 0 Å². The quantitative estimate of drug-likeness (QED) is 0.362. The molecular formula is C25H21N3O6. The van der Waals surface area contributed by atoms with E-state index in [-0.39, 0.29) is 30.2 Å². The summed E-state index contributed by atoms with van der Waals surface area (Å²) in [4.78, 5) is 22.6. The predicted molar refractivity (Wildman–Crippen MR) is 122 cm³/mol. The number of nitriles is 1. The van der Waals surface area contributed by atoms with Gasteiger partial charge in [-0.25, -0.2) is 4.79 Å². The van der Waals surface area contributed by atoms with E-state index in [1.165, 1.54) is 12.1 Å². The fourth-order valence-electron chi connectivity index (χ4n) is 4.15. The van der Waals surface area contributed by atoms with E-state index in [9.17, 15) is 25.1 Å². The number of aliphatic hydroxyl groups excluding tert-OH is 2. The zero-order chi connectivity index (χ0) is 24.2. The van der Waals surface area contributed by atoms with Gasteiger partial charge in [0.25, 0.3) is 5.69 Å². The summed E-state index contributed by atoms with van der Waals surface area (Å²) in [5, 5.41) is 43.1. The molecule has 3 aromatic carbocycles. The number of benzene rings is 3. The fraction of sp³-hybridized carbons (Fsp3) is 0.200. The molecule has 9 nitrogen and oxygen atoms in total. The van der Waals surface area contributed by atoms with Crippen LogP contribution in [0.5, 0.6) is 0 Å². The van der Waals surface area contributed by atoms with Gasteiger partial charge < -0.3 is 20.3 Å². The number of amides is 1. The van der Waals surface area contributed by atoms with Crippen LogP contribution in [0, 0.1) is 21.4 Å². The van der Waals surface area contributed by atoms with Crippen molar-refractivity contribution in [1.29, 1.82) is 5.26 Å². The van der Waals surface area contributed by atoms with Crippen molar-refractivity contribution in [3.8, 4) is 17.2 Å². The summed E-state index contributed by atoms with van der Waals surface area (Å²) in [6, 6.07) is 21.1. The van der Waals surface area contributed by atoms with Crippen molar-refractivity contribution in [2.75, 3.05) is 13.2 Å². The smallest absolute Gasteiger partial charge is 0.407 e. The highest BCUT2D eigenvalue weighted by Gasteiger charge is 2.29. The number of carbonyl (C=O) groups excluding carboxylic acids is 1. The van der Waals surface area contributed by atoms with E-state index in [4.69, 9.17) is 10.00 Å². The van der Waals surface area contributed by atoms with Gasteiger partial charge in [-0.3, -0.25) is 10.1 Å². The van der Waals surface area contributed by atoms with Crippen LogP contribution in [-0.2, 0) is 4.74 Å². The third kappa shape index (κ3) is 4.45. The second-order valence-electron chi connectivity index (χ2n) is 7.86.